The third kappa shape index (κ3) is 12.8. The van der Waals surface area contributed by atoms with Crippen molar-refractivity contribution < 1.29 is 24.9 Å². The number of thioether (sulfide) groups is 1. The molecule has 0 spiro atoms. The molecule has 6 atom stereocenters. The van der Waals surface area contributed by atoms with E-state index in [2.05, 4.69) is 24.8 Å². The van der Waals surface area contributed by atoms with Gasteiger partial charge >= 0.3 is 5.30 Å². The lowest BCUT2D eigenvalue weighted by Crippen LogP contribution is -2.17. The SMILES string of the molecule is O=C1O[C@H](c2ccccc2)C[C@@H](c2ccccc2)S1.O[C@@H](C[C@H](O)c1ccccc1)c1ccccc1.O[C@@H](C[C@H](S)c1ccccc1)c1ccccc1. The molecule has 1 aliphatic heterocycles. The number of aliphatic hydroxyl groups excluding tert-OH is 3. The van der Waals surface area contributed by atoms with E-state index in [0.29, 0.717) is 12.8 Å². The van der Waals surface area contributed by atoms with Crippen LogP contribution in [0.3, 0.4) is 0 Å². The summed E-state index contributed by atoms with van der Waals surface area (Å²) in [6, 6.07) is 58.6. The smallest absolute Gasteiger partial charge is 0.368 e. The summed E-state index contributed by atoms with van der Waals surface area (Å²) in [5.41, 5.74) is 6.01. The molecule has 0 amide bonds. The summed E-state index contributed by atoms with van der Waals surface area (Å²) in [7, 11) is 0. The van der Waals surface area contributed by atoms with Gasteiger partial charge < -0.3 is 20.1 Å². The minimum atomic E-state index is -0.633. The number of rotatable bonds is 10. The molecule has 1 aliphatic rings. The number of aliphatic hydroxyl groups is 3. The number of hydrogen-bond donors (Lipinski definition) is 4. The Bertz CT molecular complexity index is 1660. The van der Waals surface area contributed by atoms with Crippen molar-refractivity contribution >= 4 is 29.7 Å². The zero-order chi connectivity index (χ0) is 37.3. The largest absolute Gasteiger partial charge is 0.449 e. The van der Waals surface area contributed by atoms with E-state index in [0.717, 1.165) is 34.2 Å². The van der Waals surface area contributed by atoms with Gasteiger partial charge in [-0.1, -0.05) is 182 Å². The van der Waals surface area contributed by atoms with E-state index < -0.39 is 18.3 Å². The molecule has 0 saturated carbocycles. The summed E-state index contributed by atoms with van der Waals surface area (Å²) in [5.74, 6) is 0. The van der Waals surface area contributed by atoms with Gasteiger partial charge in [0.1, 0.15) is 6.10 Å². The fourth-order valence-electron chi connectivity index (χ4n) is 5.96. The Kier molecular flexibility index (Phi) is 15.8. The molecule has 0 aliphatic carbocycles. The van der Waals surface area contributed by atoms with Crippen LogP contribution in [0, 0.1) is 0 Å². The Labute approximate surface area is 322 Å². The molecule has 1 heterocycles. The molecule has 0 radical (unpaired) electrons. The quantitative estimate of drug-likeness (QED) is 0.0826. The summed E-state index contributed by atoms with van der Waals surface area (Å²) < 4.78 is 5.45. The van der Waals surface area contributed by atoms with Gasteiger partial charge in [-0.05, 0) is 51.6 Å². The van der Waals surface area contributed by atoms with Crippen LogP contribution in [0.5, 0.6) is 0 Å². The van der Waals surface area contributed by atoms with Gasteiger partial charge in [-0.2, -0.15) is 12.6 Å². The maximum Gasteiger partial charge on any atom is 0.368 e. The third-order valence-electron chi connectivity index (χ3n) is 8.88. The number of thiol groups is 1. The molecule has 6 aromatic rings. The number of carbonyl (C=O) groups excluding carboxylic acids is 1. The second kappa shape index (κ2) is 21.2. The predicted molar refractivity (Wildman–Crippen MR) is 219 cm³/mol. The summed E-state index contributed by atoms with van der Waals surface area (Å²) in [6.45, 7) is 0. The summed E-state index contributed by atoms with van der Waals surface area (Å²) in [6.07, 6.45) is -0.104. The first kappa shape index (κ1) is 39.6. The number of ether oxygens (including phenoxy) is 1. The van der Waals surface area contributed by atoms with E-state index in [1.165, 1.54) is 17.3 Å². The maximum atomic E-state index is 11.8. The van der Waals surface area contributed by atoms with Gasteiger partial charge in [0, 0.05) is 23.3 Å². The van der Waals surface area contributed by atoms with E-state index in [9.17, 15) is 20.1 Å². The van der Waals surface area contributed by atoms with Crippen LogP contribution in [0.1, 0.15) is 87.6 Å². The van der Waals surface area contributed by atoms with Crippen LogP contribution in [0.15, 0.2) is 182 Å². The summed E-state index contributed by atoms with van der Waals surface area (Å²) in [4.78, 5) is 11.8. The van der Waals surface area contributed by atoms with Crippen LogP contribution in [0.2, 0.25) is 0 Å². The van der Waals surface area contributed by atoms with Crippen LogP contribution in [0.25, 0.3) is 0 Å². The molecule has 1 fully saturated rings. The van der Waals surface area contributed by atoms with Gasteiger partial charge in [-0.3, -0.25) is 0 Å². The number of cyclic esters (lactones) is 1. The molecule has 7 rings (SSSR count). The highest BCUT2D eigenvalue weighted by atomic mass is 32.2. The fraction of sp³-hybridized carbons (Fsp3) is 0.196. The van der Waals surface area contributed by atoms with E-state index >= 15 is 0 Å². The highest BCUT2D eigenvalue weighted by molar-refractivity contribution is 8.13. The lowest BCUT2D eigenvalue weighted by Gasteiger charge is -2.28. The molecule has 0 unspecified atom stereocenters. The first-order valence-corrected chi connectivity index (χ1v) is 19.2. The summed E-state index contributed by atoms with van der Waals surface area (Å²) >= 11 is 5.83. The first-order chi connectivity index (χ1) is 25.9. The monoisotopic (exact) mass is 742 g/mol. The van der Waals surface area contributed by atoms with Crippen molar-refractivity contribution in [3.8, 4) is 0 Å². The molecule has 1 saturated heterocycles. The van der Waals surface area contributed by atoms with Crippen molar-refractivity contribution in [2.45, 2.75) is 54.2 Å². The Morgan fingerprint density at radius 3 is 1.26 bits per heavy atom. The van der Waals surface area contributed by atoms with Crippen LogP contribution in [-0.2, 0) is 4.74 Å². The normalized spacial score (nSPS) is 17.3. The van der Waals surface area contributed by atoms with Crippen molar-refractivity contribution in [1.82, 2.24) is 0 Å². The molecule has 0 bridgehead atoms. The number of benzene rings is 6. The van der Waals surface area contributed by atoms with Gasteiger partial charge in [-0.15, -0.1) is 0 Å². The molecule has 6 aromatic carbocycles. The lowest BCUT2D eigenvalue weighted by molar-refractivity contribution is 0.0804. The Hall–Kier alpha value is -4.63. The minimum absolute atomic E-state index is 0.0615. The zero-order valence-corrected chi connectivity index (χ0v) is 31.1. The van der Waals surface area contributed by atoms with Gasteiger partial charge in [0.2, 0.25) is 0 Å². The van der Waals surface area contributed by atoms with Crippen LogP contribution >= 0.6 is 24.4 Å². The number of carbonyl (C=O) groups is 1. The molecule has 53 heavy (non-hydrogen) atoms. The second-order valence-electron chi connectivity index (χ2n) is 12.7. The lowest BCUT2D eigenvalue weighted by atomic mass is 9.99. The predicted octanol–water partition coefficient (Wildman–Crippen LogP) is 11.4. The molecule has 0 aromatic heterocycles. The molecule has 7 heteroatoms. The maximum absolute atomic E-state index is 11.8. The van der Waals surface area contributed by atoms with Crippen molar-refractivity contribution in [3.63, 3.8) is 0 Å². The summed E-state index contributed by atoms with van der Waals surface area (Å²) in [5, 5.41) is 30.1. The molecular formula is C46H46O5S2. The van der Waals surface area contributed by atoms with Gasteiger partial charge in [0.25, 0.3) is 0 Å². The van der Waals surface area contributed by atoms with E-state index in [1.807, 2.05) is 170 Å². The van der Waals surface area contributed by atoms with Crippen LogP contribution in [-0.4, -0.2) is 20.6 Å². The molecule has 272 valence electrons. The van der Waals surface area contributed by atoms with Crippen molar-refractivity contribution in [3.05, 3.63) is 215 Å². The van der Waals surface area contributed by atoms with Crippen LogP contribution < -0.4 is 0 Å². The molecule has 3 N–H and O–H groups in total. The average Bonchev–Trinajstić information content (AvgIpc) is 3.23. The minimum Gasteiger partial charge on any atom is -0.449 e. The standard InChI is InChI=1S/C16H14O2S.C15H16O2.C15H16OS/c17-16-18-14(12-7-3-1-4-8-12)11-15(19-16)13-9-5-2-6-10-13;2*16-14(12-7-3-1-4-8-12)11-15(17)13-9-5-2-6-10-13/h1-10,14-15H,11H2;2*1-10,14-17H,11H2/t3*14-,15-/m000/s1. The fourth-order valence-corrected chi connectivity index (χ4v) is 7.30. The van der Waals surface area contributed by atoms with E-state index in [1.54, 1.807) is 0 Å². The second-order valence-corrected chi connectivity index (χ2v) is 14.5. The number of hydrogen-bond acceptors (Lipinski definition) is 7. The van der Waals surface area contributed by atoms with Crippen molar-refractivity contribution in [2.75, 3.05) is 0 Å². The van der Waals surface area contributed by atoms with Crippen LogP contribution in [0.4, 0.5) is 4.79 Å². The van der Waals surface area contributed by atoms with Gasteiger partial charge in [0.05, 0.1) is 18.3 Å². The van der Waals surface area contributed by atoms with Crippen molar-refractivity contribution in [2.24, 2.45) is 0 Å². The van der Waals surface area contributed by atoms with E-state index in [4.69, 9.17) is 4.74 Å². The topological polar surface area (TPSA) is 87.0 Å². The highest BCUT2D eigenvalue weighted by Gasteiger charge is 2.31. The highest BCUT2D eigenvalue weighted by Crippen LogP contribution is 2.44. The van der Waals surface area contributed by atoms with Gasteiger partial charge in [-0.25, -0.2) is 4.79 Å². The van der Waals surface area contributed by atoms with Crippen molar-refractivity contribution in [1.29, 1.82) is 0 Å². The van der Waals surface area contributed by atoms with Gasteiger partial charge in [0.15, 0.2) is 0 Å². The third-order valence-corrected chi connectivity index (χ3v) is 10.4. The average molecular weight is 743 g/mol. The molecular weight excluding hydrogens is 697 g/mol. The molecule has 5 nitrogen and oxygen atoms in total. The Morgan fingerprint density at radius 1 is 0.509 bits per heavy atom. The Morgan fingerprint density at radius 2 is 0.849 bits per heavy atom. The zero-order valence-electron chi connectivity index (χ0n) is 29.4. The first-order valence-electron chi connectivity index (χ1n) is 17.8. The Balaban J connectivity index is 0.000000154. The van der Waals surface area contributed by atoms with E-state index in [-0.39, 0.29) is 21.9 Å².